The molecule has 39 heavy (non-hydrogen) atoms. The van der Waals surface area contributed by atoms with E-state index in [4.69, 9.17) is 18.6 Å². The Kier molecular flexibility index (Phi) is 20.7. The van der Waals surface area contributed by atoms with Gasteiger partial charge in [-0.25, -0.2) is 5.48 Å². The van der Waals surface area contributed by atoms with E-state index in [0.717, 1.165) is 44.1 Å². The first-order valence-electron chi connectivity index (χ1n) is 14.0. The van der Waals surface area contributed by atoms with Gasteiger partial charge in [0, 0.05) is 0 Å². The van der Waals surface area contributed by atoms with Gasteiger partial charge in [-0.05, 0) is 93.9 Å². The van der Waals surface area contributed by atoms with Gasteiger partial charge in [0.15, 0.2) is 0 Å². The van der Waals surface area contributed by atoms with E-state index in [1.54, 1.807) is 20.8 Å². The van der Waals surface area contributed by atoms with Crippen molar-refractivity contribution in [2.75, 3.05) is 32.6 Å². The lowest BCUT2D eigenvalue weighted by molar-refractivity contribution is -0.155. The summed E-state index contributed by atoms with van der Waals surface area (Å²) in [6.45, 7) is 16.1. The van der Waals surface area contributed by atoms with Gasteiger partial charge < -0.3 is 13.8 Å². The summed E-state index contributed by atoms with van der Waals surface area (Å²) >= 11 is 0. The van der Waals surface area contributed by atoms with Crippen LogP contribution in [0.2, 0.25) is 0 Å². The molecule has 0 radical (unpaired) electrons. The molecule has 0 spiro atoms. The van der Waals surface area contributed by atoms with E-state index >= 15 is 0 Å². The van der Waals surface area contributed by atoms with Crippen LogP contribution < -0.4 is 5.48 Å². The minimum absolute atomic E-state index is 0.0832. The Morgan fingerprint density at radius 2 is 1.23 bits per heavy atom. The van der Waals surface area contributed by atoms with Crippen molar-refractivity contribution in [3.8, 4) is 0 Å². The van der Waals surface area contributed by atoms with Crippen molar-refractivity contribution in [3.63, 3.8) is 0 Å². The quantitative estimate of drug-likeness (QED) is 0.0379. The van der Waals surface area contributed by atoms with E-state index in [1.807, 2.05) is 13.0 Å². The standard InChI is InChI=1S/C30H52NO7P/c1-9-35-30(33)28(23-39(34,37-10-2)38-11-3)29(32)31-36-22-21-27(8)20-14-19-26(7)18-13-17-25(6)16-12-15-24(4)5/h15,17,19,21,28H,9-14,16,18,20,22-23H2,1-8H3,(H,31,32). The first kappa shape index (κ1) is 37.0. The number of carbonyl (C=O) groups is 2. The predicted octanol–water partition coefficient (Wildman–Crippen LogP) is 7.63. The van der Waals surface area contributed by atoms with E-state index in [2.05, 4.69) is 51.4 Å². The van der Waals surface area contributed by atoms with E-state index in [-0.39, 0.29) is 26.4 Å². The molecule has 1 atom stereocenters. The Hall–Kier alpha value is -1.99. The van der Waals surface area contributed by atoms with Crippen LogP contribution in [0.4, 0.5) is 0 Å². The van der Waals surface area contributed by atoms with Crippen LogP contribution in [0.1, 0.15) is 93.9 Å². The Morgan fingerprint density at radius 1 is 0.744 bits per heavy atom. The van der Waals surface area contributed by atoms with Gasteiger partial charge in [-0.15, -0.1) is 0 Å². The van der Waals surface area contributed by atoms with Gasteiger partial charge in [-0.2, -0.15) is 0 Å². The Morgan fingerprint density at radius 3 is 1.69 bits per heavy atom. The van der Waals surface area contributed by atoms with Gasteiger partial charge in [0.25, 0.3) is 5.91 Å². The van der Waals surface area contributed by atoms with Crippen LogP contribution in [0.15, 0.2) is 46.6 Å². The van der Waals surface area contributed by atoms with E-state index in [9.17, 15) is 14.2 Å². The highest BCUT2D eigenvalue weighted by Crippen LogP contribution is 2.49. The lowest BCUT2D eigenvalue weighted by Gasteiger charge is -2.21. The number of hydrogen-bond acceptors (Lipinski definition) is 7. The zero-order chi connectivity index (χ0) is 29.7. The van der Waals surface area contributed by atoms with Crippen LogP contribution >= 0.6 is 7.60 Å². The minimum Gasteiger partial charge on any atom is -0.465 e. The van der Waals surface area contributed by atoms with Crippen molar-refractivity contribution in [1.29, 1.82) is 0 Å². The molecular weight excluding hydrogens is 517 g/mol. The molecule has 0 fully saturated rings. The van der Waals surface area contributed by atoms with E-state index in [0.29, 0.717) is 0 Å². The lowest BCUT2D eigenvalue weighted by Crippen LogP contribution is -2.39. The topological polar surface area (TPSA) is 100 Å². The van der Waals surface area contributed by atoms with Gasteiger partial charge >= 0.3 is 13.6 Å². The highest BCUT2D eigenvalue weighted by molar-refractivity contribution is 7.53. The van der Waals surface area contributed by atoms with Crippen LogP contribution in [0.3, 0.4) is 0 Å². The highest BCUT2D eigenvalue weighted by atomic mass is 31.2. The molecule has 0 aliphatic carbocycles. The molecule has 0 saturated carbocycles. The molecule has 0 saturated heterocycles. The second kappa shape index (κ2) is 21.8. The second-order valence-corrected chi connectivity index (χ2v) is 11.9. The molecule has 9 heteroatoms. The fraction of sp³-hybridized carbons (Fsp3) is 0.667. The molecule has 0 aromatic carbocycles. The summed E-state index contributed by atoms with van der Waals surface area (Å²) in [5.41, 5.74) is 7.59. The Balaban J connectivity index is 4.65. The zero-order valence-electron chi connectivity index (χ0n) is 25.5. The molecular formula is C30H52NO7P. The summed E-state index contributed by atoms with van der Waals surface area (Å²) in [6.07, 6.45) is 14.5. The molecule has 0 rings (SSSR count). The van der Waals surface area contributed by atoms with E-state index in [1.165, 1.54) is 16.7 Å². The molecule has 0 aromatic heterocycles. The third-order valence-corrected chi connectivity index (χ3v) is 7.90. The average Bonchev–Trinajstić information content (AvgIpc) is 2.85. The molecule has 0 heterocycles. The maximum atomic E-state index is 12.9. The van der Waals surface area contributed by atoms with Crippen molar-refractivity contribution < 1.29 is 32.8 Å². The molecule has 0 aliphatic rings. The number of hydroxylamine groups is 1. The summed E-state index contributed by atoms with van der Waals surface area (Å²) in [7, 11) is -3.64. The number of rotatable bonds is 21. The highest BCUT2D eigenvalue weighted by Gasteiger charge is 2.38. The molecule has 224 valence electrons. The molecule has 1 N–H and O–H groups in total. The van der Waals surface area contributed by atoms with Crippen LogP contribution in [0, 0.1) is 5.92 Å². The summed E-state index contributed by atoms with van der Waals surface area (Å²) in [5.74, 6) is -2.93. The molecule has 0 aliphatic heterocycles. The van der Waals surface area contributed by atoms with Crippen molar-refractivity contribution >= 4 is 19.5 Å². The molecule has 0 bridgehead atoms. The number of hydrogen-bond donors (Lipinski definition) is 1. The molecule has 8 nitrogen and oxygen atoms in total. The van der Waals surface area contributed by atoms with Crippen molar-refractivity contribution in [1.82, 2.24) is 5.48 Å². The van der Waals surface area contributed by atoms with Gasteiger partial charge in [-0.1, -0.05) is 46.6 Å². The fourth-order valence-electron chi connectivity index (χ4n) is 3.62. The smallest absolute Gasteiger partial charge is 0.332 e. The largest absolute Gasteiger partial charge is 0.465 e. The van der Waals surface area contributed by atoms with Gasteiger partial charge in [0.2, 0.25) is 0 Å². The van der Waals surface area contributed by atoms with Crippen molar-refractivity contribution in [3.05, 3.63) is 46.6 Å². The van der Waals surface area contributed by atoms with E-state index < -0.39 is 31.6 Å². The summed E-state index contributed by atoms with van der Waals surface area (Å²) in [6, 6.07) is 0. The van der Waals surface area contributed by atoms with Crippen molar-refractivity contribution in [2.24, 2.45) is 5.92 Å². The van der Waals surface area contributed by atoms with Crippen molar-refractivity contribution in [2.45, 2.75) is 93.9 Å². The number of ether oxygens (including phenoxy) is 1. The SMILES string of the molecule is CCOC(=O)C(CP(=O)(OCC)OCC)C(=O)NOCC=C(C)CCC=C(C)CCC=C(C)CCC=C(C)C. The number of nitrogens with one attached hydrogen (secondary N) is 1. The molecule has 0 aromatic rings. The zero-order valence-corrected chi connectivity index (χ0v) is 26.4. The van der Waals surface area contributed by atoms with Crippen LogP contribution in [0.5, 0.6) is 0 Å². The normalized spacial score (nSPS) is 13.7. The van der Waals surface area contributed by atoms with Gasteiger partial charge in [-0.3, -0.25) is 19.0 Å². The summed E-state index contributed by atoms with van der Waals surface area (Å²) in [4.78, 5) is 30.3. The monoisotopic (exact) mass is 569 g/mol. The minimum atomic E-state index is -3.64. The van der Waals surface area contributed by atoms with Gasteiger partial charge in [0.05, 0.1) is 32.6 Å². The number of esters is 1. The average molecular weight is 570 g/mol. The lowest BCUT2D eigenvalue weighted by atomic mass is 10.0. The number of carbonyl (C=O) groups excluding carboxylic acids is 2. The Labute approximate surface area is 236 Å². The predicted molar refractivity (Wildman–Crippen MR) is 158 cm³/mol. The molecule has 1 amide bonds. The van der Waals surface area contributed by atoms with Crippen LogP contribution in [-0.2, 0) is 32.8 Å². The summed E-state index contributed by atoms with van der Waals surface area (Å²) in [5, 5.41) is 0. The number of amides is 1. The second-order valence-electron chi connectivity index (χ2n) is 9.76. The van der Waals surface area contributed by atoms with Crippen LogP contribution in [0.25, 0.3) is 0 Å². The number of allylic oxidation sites excluding steroid dienone is 7. The third-order valence-electron chi connectivity index (χ3n) is 5.79. The van der Waals surface area contributed by atoms with Gasteiger partial charge in [0.1, 0.15) is 5.92 Å². The Bertz CT molecular complexity index is 891. The third kappa shape index (κ3) is 18.8. The van der Waals surface area contributed by atoms with Crippen LogP contribution in [-0.4, -0.2) is 44.5 Å². The first-order valence-corrected chi connectivity index (χ1v) is 15.8. The molecule has 1 unspecified atom stereocenters. The first-order chi connectivity index (χ1) is 18.5. The maximum Gasteiger partial charge on any atom is 0.332 e. The maximum absolute atomic E-state index is 12.9. The summed E-state index contributed by atoms with van der Waals surface area (Å²) < 4.78 is 28.3. The fourth-order valence-corrected chi connectivity index (χ4v) is 5.46.